The van der Waals surface area contributed by atoms with Crippen molar-refractivity contribution < 1.29 is 23.1 Å². The van der Waals surface area contributed by atoms with Gasteiger partial charge in [-0.15, -0.1) is 0 Å². The third kappa shape index (κ3) is 5.46. The van der Waals surface area contributed by atoms with Gasteiger partial charge >= 0.3 is 6.09 Å². The topological polar surface area (TPSA) is 146 Å². The number of fused-ring (bicyclic) bond motifs is 1. The molecule has 1 saturated heterocycles. The average molecular weight is 473 g/mol. The zero-order valence-corrected chi connectivity index (χ0v) is 18.7. The first kappa shape index (κ1) is 22.7. The Labute approximate surface area is 190 Å². The third-order valence-corrected chi connectivity index (χ3v) is 6.13. The van der Waals surface area contributed by atoms with Crippen LogP contribution >= 0.6 is 0 Å². The van der Waals surface area contributed by atoms with Crippen molar-refractivity contribution in [2.75, 3.05) is 31.2 Å². The van der Waals surface area contributed by atoms with Gasteiger partial charge in [0.05, 0.1) is 30.2 Å². The van der Waals surface area contributed by atoms with Crippen LogP contribution in [0.25, 0.3) is 16.8 Å². The largest absolute Gasteiger partial charge is 0.465 e. The highest BCUT2D eigenvalue weighted by Crippen LogP contribution is 2.29. The Morgan fingerprint density at radius 1 is 1.27 bits per heavy atom. The molecule has 1 unspecified atom stereocenters. The minimum atomic E-state index is -3.47. The number of likely N-dealkylation sites (tertiary alicyclic amines) is 1. The van der Waals surface area contributed by atoms with E-state index in [0.717, 1.165) is 30.4 Å². The fourth-order valence-corrected chi connectivity index (χ4v) is 4.27. The molecule has 1 fully saturated rings. The molecule has 3 N–H and O–H groups in total. The quantitative estimate of drug-likeness (QED) is 0.495. The van der Waals surface area contributed by atoms with E-state index in [0.29, 0.717) is 30.0 Å². The standard InChI is InChI=1S/C21H24N6O5S/c1-33(31,32)23-12-20(28)24-15-7-9-27-19(10-15)16(11-22-27)18-6-2-5-17(25-18)14-4-3-8-26(13-14)21(29)30/h2,5-7,9-11,14,23H,3-4,8,12-13H2,1H3,(H,24,28)(H,29,30). The van der Waals surface area contributed by atoms with Crippen molar-refractivity contribution in [1.29, 1.82) is 0 Å². The molecule has 0 spiro atoms. The van der Waals surface area contributed by atoms with Crippen LogP contribution in [0.4, 0.5) is 10.5 Å². The summed E-state index contributed by atoms with van der Waals surface area (Å²) in [7, 11) is -3.47. The summed E-state index contributed by atoms with van der Waals surface area (Å²) in [5.74, 6) is -0.472. The SMILES string of the molecule is CS(=O)(=O)NCC(=O)Nc1ccn2ncc(-c3cccc(C4CCCN(C(=O)O)C4)n3)c2c1. The van der Waals surface area contributed by atoms with E-state index >= 15 is 0 Å². The number of hydrogen-bond acceptors (Lipinski definition) is 6. The lowest BCUT2D eigenvalue weighted by Crippen LogP contribution is -2.38. The Hall–Kier alpha value is -3.51. The van der Waals surface area contributed by atoms with Crippen LogP contribution < -0.4 is 10.0 Å². The molecule has 0 aliphatic carbocycles. The maximum Gasteiger partial charge on any atom is 0.407 e. The maximum atomic E-state index is 12.1. The number of nitrogens with zero attached hydrogens (tertiary/aromatic N) is 4. The van der Waals surface area contributed by atoms with Gasteiger partial charge in [-0.1, -0.05) is 6.07 Å². The molecule has 3 aromatic heterocycles. The van der Waals surface area contributed by atoms with Gasteiger partial charge < -0.3 is 15.3 Å². The van der Waals surface area contributed by atoms with Crippen LogP contribution in [0.2, 0.25) is 0 Å². The smallest absolute Gasteiger partial charge is 0.407 e. The summed E-state index contributed by atoms with van der Waals surface area (Å²) >= 11 is 0. The number of nitrogens with one attached hydrogen (secondary N) is 2. The van der Waals surface area contributed by atoms with E-state index in [4.69, 9.17) is 4.98 Å². The van der Waals surface area contributed by atoms with Crippen molar-refractivity contribution in [3.8, 4) is 11.3 Å². The summed E-state index contributed by atoms with van der Waals surface area (Å²) in [6, 6.07) is 9.06. The van der Waals surface area contributed by atoms with Crippen molar-refractivity contribution in [2.45, 2.75) is 18.8 Å². The van der Waals surface area contributed by atoms with E-state index in [9.17, 15) is 23.1 Å². The molecule has 4 heterocycles. The predicted molar refractivity (Wildman–Crippen MR) is 121 cm³/mol. The van der Waals surface area contributed by atoms with Gasteiger partial charge in [0.25, 0.3) is 0 Å². The van der Waals surface area contributed by atoms with Gasteiger partial charge in [-0.3, -0.25) is 9.78 Å². The number of pyridine rings is 2. The molecule has 11 nitrogen and oxygen atoms in total. The number of carbonyl (C=O) groups is 2. The van der Waals surface area contributed by atoms with Gasteiger partial charge in [-0.05, 0) is 37.1 Å². The van der Waals surface area contributed by atoms with Gasteiger partial charge in [0.1, 0.15) is 0 Å². The van der Waals surface area contributed by atoms with Crippen LogP contribution in [0.15, 0.2) is 42.7 Å². The number of piperidine rings is 1. The lowest BCUT2D eigenvalue weighted by atomic mass is 9.94. The number of carbonyl (C=O) groups excluding carboxylic acids is 1. The van der Waals surface area contributed by atoms with Crippen LogP contribution in [0, 0.1) is 0 Å². The van der Waals surface area contributed by atoms with Crippen LogP contribution in [0.5, 0.6) is 0 Å². The van der Waals surface area contributed by atoms with Crippen LogP contribution in [-0.2, 0) is 14.8 Å². The normalized spacial score (nSPS) is 16.6. The lowest BCUT2D eigenvalue weighted by molar-refractivity contribution is -0.115. The predicted octanol–water partition coefficient (Wildman–Crippen LogP) is 1.74. The Morgan fingerprint density at radius 2 is 2.09 bits per heavy atom. The van der Waals surface area contributed by atoms with E-state index in [1.165, 1.54) is 4.90 Å². The molecule has 4 rings (SSSR count). The minimum Gasteiger partial charge on any atom is -0.465 e. The van der Waals surface area contributed by atoms with Crippen molar-refractivity contribution in [2.24, 2.45) is 0 Å². The fraction of sp³-hybridized carbons (Fsp3) is 0.333. The molecule has 0 bridgehead atoms. The molecule has 0 radical (unpaired) electrons. The van der Waals surface area contributed by atoms with Gasteiger partial charge in [0.15, 0.2) is 0 Å². The van der Waals surface area contributed by atoms with Crippen LogP contribution in [0.1, 0.15) is 24.5 Å². The van der Waals surface area contributed by atoms with Gasteiger partial charge in [-0.25, -0.2) is 22.4 Å². The highest BCUT2D eigenvalue weighted by atomic mass is 32.2. The molecular formula is C21H24N6O5S. The number of rotatable bonds is 6. The highest BCUT2D eigenvalue weighted by Gasteiger charge is 2.25. The molecule has 0 saturated carbocycles. The highest BCUT2D eigenvalue weighted by molar-refractivity contribution is 7.88. The number of anilines is 1. The number of sulfonamides is 1. The van der Waals surface area contributed by atoms with Crippen LogP contribution in [-0.4, -0.2) is 70.9 Å². The summed E-state index contributed by atoms with van der Waals surface area (Å²) in [5.41, 5.74) is 3.48. The van der Waals surface area contributed by atoms with E-state index < -0.39 is 22.0 Å². The zero-order valence-electron chi connectivity index (χ0n) is 17.9. The van der Waals surface area contributed by atoms with Crippen molar-refractivity contribution in [1.82, 2.24) is 24.2 Å². The molecule has 174 valence electrons. The average Bonchev–Trinajstić information content (AvgIpc) is 3.21. The summed E-state index contributed by atoms with van der Waals surface area (Å²) in [6.07, 6.45) is 5.10. The second kappa shape index (κ2) is 9.16. The number of amides is 2. The Morgan fingerprint density at radius 3 is 2.85 bits per heavy atom. The summed E-state index contributed by atoms with van der Waals surface area (Å²) < 4.78 is 26.2. The Balaban J connectivity index is 1.57. The molecule has 12 heteroatoms. The first-order valence-corrected chi connectivity index (χ1v) is 12.3. The third-order valence-electron chi connectivity index (χ3n) is 5.46. The number of carboxylic acid groups (broad SMARTS) is 1. The van der Waals surface area contributed by atoms with Crippen molar-refractivity contribution in [3.05, 3.63) is 48.4 Å². The van der Waals surface area contributed by atoms with Gasteiger partial charge in [0, 0.05) is 42.1 Å². The van der Waals surface area contributed by atoms with E-state index in [1.807, 2.05) is 18.2 Å². The second-order valence-corrected chi connectivity index (χ2v) is 9.79. The monoisotopic (exact) mass is 472 g/mol. The van der Waals surface area contributed by atoms with Crippen molar-refractivity contribution >= 4 is 33.2 Å². The van der Waals surface area contributed by atoms with Gasteiger partial charge in [-0.2, -0.15) is 5.10 Å². The van der Waals surface area contributed by atoms with Crippen LogP contribution in [0.3, 0.4) is 0 Å². The molecule has 0 aromatic carbocycles. The number of aromatic nitrogens is 3. The summed E-state index contributed by atoms with van der Waals surface area (Å²) in [5, 5.41) is 16.3. The molecule has 1 aliphatic rings. The molecule has 1 aliphatic heterocycles. The zero-order chi connectivity index (χ0) is 23.6. The van der Waals surface area contributed by atoms with E-state index in [-0.39, 0.29) is 12.5 Å². The van der Waals surface area contributed by atoms with Gasteiger partial charge in [0.2, 0.25) is 15.9 Å². The molecule has 33 heavy (non-hydrogen) atoms. The number of hydrogen-bond donors (Lipinski definition) is 3. The fourth-order valence-electron chi connectivity index (χ4n) is 3.88. The molecular weight excluding hydrogens is 448 g/mol. The summed E-state index contributed by atoms with van der Waals surface area (Å²) in [6.45, 7) is 0.584. The Kier molecular flexibility index (Phi) is 6.29. The van der Waals surface area contributed by atoms with Crippen molar-refractivity contribution in [3.63, 3.8) is 0 Å². The first-order valence-electron chi connectivity index (χ1n) is 10.4. The summed E-state index contributed by atoms with van der Waals surface area (Å²) in [4.78, 5) is 29.6. The minimum absolute atomic E-state index is 0.0221. The first-order chi connectivity index (χ1) is 15.7. The van der Waals surface area contributed by atoms with E-state index in [1.54, 1.807) is 29.0 Å². The molecule has 3 aromatic rings. The Bertz CT molecular complexity index is 1310. The maximum absolute atomic E-state index is 12.1. The lowest BCUT2D eigenvalue weighted by Gasteiger charge is -2.30. The second-order valence-electron chi connectivity index (χ2n) is 7.96. The molecule has 2 amide bonds. The molecule has 1 atom stereocenters. The van der Waals surface area contributed by atoms with E-state index in [2.05, 4.69) is 15.1 Å².